The molecular weight excluding hydrogens is 340 g/mol. The molecule has 1 aromatic carbocycles. The van der Waals surface area contributed by atoms with E-state index in [1.807, 2.05) is 13.0 Å². The minimum Gasteiger partial charge on any atom is -0.322 e. The monoisotopic (exact) mass is 360 g/mol. The van der Waals surface area contributed by atoms with E-state index in [9.17, 15) is 13.2 Å². The van der Waals surface area contributed by atoms with Gasteiger partial charge in [-0.05, 0) is 24.6 Å². The molecule has 0 unspecified atom stereocenters. The molecule has 9 heteroatoms. The van der Waals surface area contributed by atoms with E-state index in [4.69, 9.17) is 11.6 Å². The highest BCUT2D eigenvalue weighted by Gasteiger charge is 2.30. The molecular formula is C14H21ClN4O3S. The van der Waals surface area contributed by atoms with E-state index < -0.39 is 10.2 Å². The molecule has 2 rings (SSSR count). The molecule has 1 saturated heterocycles. The minimum absolute atomic E-state index is 0.253. The van der Waals surface area contributed by atoms with Crippen molar-refractivity contribution >= 4 is 33.5 Å². The summed E-state index contributed by atoms with van der Waals surface area (Å²) in [6.45, 7) is 3.13. The highest BCUT2D eigenvalue weighted by Crippen LogP contribution is 2.21. The second-order valence-electron chi connectivity index (χ2n) is 5.57. The second kappa shape index (κ2) is 7.04. The summed E-state index contributed by atoms with van der Waals surface area (Å²) in [4.78, 5) is 13.9. The van der Waals surface area contributed by atoms with E-state index in [1.54, 1.807) is 17.0 Å². The highest BCUT2D eigenvalue weighted by molar-refractivity contribution is 7.86. The number of hydrogen-bond acceptors (Lipinski definition) is 3. The van der Waals surface area contributed by atoms with Gasteiger partial charge >= 0.3 is 6.03 Å². The molecule has 1 heterocycles. The molecule has 1 aromatic rings. The van der Waals surface area contributed by atoms with Crippen LogP contribution in [0.15, 0.2) is 18.2 Å². The molecule has 0 spiro atoms. The average Bonchev–Trinajstić information content (AvgIpc) is 2.50. The van der Waals surface area contributed by atoms with Crippen LogP contribution < -0.4 is 5.32 Å². The maximum Gasteiger partial charge on any atom is 0.321 e. The van der Waals surface area contributed by atoms with E-state index in [-0.39, 0.29) is 19.1 Å². The zero-order chi connectivity index (χ0) is 17.2. The van der Waals surface area contributed by atoms with Crippen molar-refractivity contribution < 1.29 is 13.2 Å². The van der Waals surface area contributed by atoms with Gasteiger partial charge in [0.05, 0.1) is 0 Å². The van der Waals surface area contributed by atoms with E-state index in [0.717, 1.165) is 5.56 Å². The number of carbonyl (C=O) groups excluding carboxylic acids is 1. The number of hydrogen-bond donors (Lipinski definition) is 1. The van der Waals surface area contributed by atoms with Crippen LogP contribution in [-0.2, 0) is 10.2 Å². The average molecular weight is 361 g/mol. The van der Waals surface area contributed by atoms with Crippen molar-refractivity contribution in [3.8, 4) is 0 Å². The number of nitrogens with one attached hydrogen (secondary N) is 1. The summed E-state index contributed by atoms with van der Waals surface area (Å²) in [5, 5.41) is 3.37. The predicted molar refractivity (Wildman–Crippen MR) is 91.0 cm³/mol. The number of nitrogens with zero attached hydrogens (tertiary/aromatic N) is 3. The predicted octanol–water partition coefficient (Wildman–Crippen LogP) is 1.60. The van der Waals surface area contributed by atoms with Gasteiger partial charge < -0.3 is 10.2 Å². The van der Waals surface area contributed by atoms with Gasteiger partial charge in [-0.15, -0.1) is 0 Å². The van der Waals surface area contributed by atoms with Crippen molar-refractivity contribution in [2.24, 2.45) is 0 Å². The van der Waals surface area contributed by atoms with Gasteiger partial charge in [0.25, 0.3) is 10.2 Å². The standard InChI is InChI=1S/C14H21ClN4O3S/c1-11-4-5-12(15)10-13(11)16-14(20)18-6-8-19(9-7-18)23(21,22)17(2)3/h4-5,10H,6-9H2,1-3H3,(H,16,20). The number of rotatable bonds is 3. The fourth-order valence-corrected chi connectivity index (χ4v) is 3.53. The molecule has 0 radical (unpaired) electrons. The van der Waals surface area contributed by atoms with Gasteiger partial charge in [0, 0.05) is 51.0 Å². The number of halogens is 1. The van der Waals surface area contributed by atoms with Crippen LogP contribution in [0.25, 0.3) is 0 Å². The van der Waals surface area contributed by atoms with E-state index in [0.29, 0.717) is 23.8 Å². The topological polar surface area (TPSA) is 73.0 Å². The van der Waals surface area contributed by atoms with Crippen molar-refractivity contribution in [3.05, 3.63) is 28.8 Å². The van der Waals surface area contributed by atoms with Crippen molar-refractivity contribution in [1.29, 1.82) is 0 Å². The molecule has 128 valence electrons. The fourth-order valence-electron chi connectivity index (χ4n) is 2.28. The van der Waals surface area contributed by atoms with Crippen molar-refractivity contribution in [2.45, 2.75) is 6.92 Å². The molecule has 0 aliphatic carbocycles. The van der Waals surface area contributed by atoms with Crippen LogP contribution in [0.4, 0.5) is 10.5 Å². The lowest BCUT2D eigenvalue weighted by Crippen LogP contribution is -2.53. The largest absolute Gasteiger partial charge is 0.322 e. The first-order valence-electron chi connectivity index (χ1n) is 7.21. The van der Waals surface area contributed by atoms with Crippen LogP contribution in [0, 0.1) is 6.92 Å². The van der Waals surface area contributed by atoms with Crippen molar-refractivity contribution in [1.82, 2.24) is 13.5 Å². The lowest BCUT2D eigenvalue weighted by molar-refractivity contribution is 0.182. The Labute approximate surface area is 142 Å². The lowest BCUT2D eigenvalue weighted by atomic mass is 10.2. The van der Waals surface area contributed by atoms with E-state index in [1.165, 1.54) is 22.7 Å². The molecule has 1 N–H and O–H groups in total. The number of piperazine rings is 1. The maximum atomic E-state index is 12.3. The van der Waals surface area contributed by atoms with Gasteiger partial charge in [-0.1, -0.05) is 17.7 Å². The number of amides is 2. The fraction of sp³-hybridized carbons (Fsp3) is 0.500. The first kappa shape index (κ1) is 18.0. The van der Waals surface area contributed by atoms with Crippen LogP contribution in [0.1, 0.15) is 5.56 Å². The van der Waals surface area contributed by atoms with Crippen LogP contribution in [0.3, 0.4) is 0 Å². The Morgan fingerprint density at radius 2 is 1.83 bits per heavy atom. The van der Waals surface area contributed by atoms with Gasteiger partial charge in [-0.3, -0.25) is 0 Å². The zero-order valence-corrected chi connectivity index (χ0v) is 15.0. The van der Waals surface area contributed by atoms with Gasteiger partial charge in [-0.25, -0.2) is 4.79 Å². The second-order valence-corrected chi connectivity index (χ2v) is 8.14. The molecule has 0 bridgehead atoms. The maximum absolute atomic E-state index is 12.3. The van der Waals surface area contributed by atoms with Gasteiger partial charge in [0.2, 0.25) is 0 Å². The molecule has 7 nitrogen and oxygen atoms in total. The third-order valence-electron chi connectivity index (χ3n) is 3.75. The third-order valence-corrected chi connectivity index (χ3v) is 5.93. The van der Waals surface area contributed by atoms with Crippen LogP contribution in [0.2, 0.25) is 5.02 Å². The number of carbonyl (C=O) groups is 1. The number of aryl methyl sites for hydroxylation is 1. The smallest absolute Gasteiger partial charge is 0.321 e. The summed E-state index contributed by atoms with van der Waals surface area (Å²) in [5.41, 5.74) is 1.57. The van der Waals surface area contributed by atoms with Crippen LogP contribution in [0.5, 0.6) is 0 Å². The molecule has 0 saturated carbocycles. The Kier molecular flexibility index (Phi) is 5.51. The Balaban J connectivity index is 1.98. The lowest BCUT2D eigenvalue weighted by Gasteiger charge is -2.35. The summed E-state index contributed by atoms with van der Waals surface area (Å²) in [5.74, 6) is 0. The molecule has 0 aromatic heterocycles. The summed E-state index contributed by atoms with van der Waals surface area (Å²) in [7, 11) is -0.437. The number of anilines is 1. The summed E-state index contributed by atoms with van der Waals surface area (Å²) in [6, 6.07) is 5.04. The van der Waals surface area contributed by atoms with Crippen LogP contribution >= 0.6 is 11.6 Å². The number of urea groups is 1. The van der Waals surface area contributed by atoms with Gasteiger partial charge in [-0.2, -0.15) is 17.0 Å². The third kappa shape index (κ3) is 4.14. The highest BCUT2D eigenvalue weighted by atomic mass is 35.5. The molecule has 0 atom stereocenters. The molecule has 1 aliphatic rings. The number of benzene rings is 1. The molecule has 23 heavy (non-hydrogen) atoms. The van der Waals surface area contributed by atoms with E-state index in [2.05, 4.69) is 5.32 Å². The molecule has 2 amide bonds. The summed E-state index contributed by atoms with van der Waals surface area (Å²) < 4.78 is 26.7. The quantitative estimate of drug-likeness (QED) is 0.889. The summed E-state index contributed by atoms with van der Waals surface area (Å²) in [6.07, 6.45) is 0. The normalized spacial score (nSPS) is 16.7. The Bertz CT molecular complexity index is 685. The van der Waals surface area contributed by atoms with Crippen molar-refractivity contribution in [2.75, 3.05) is 45.6 Å². The first-order valence-corrected chi connectivity index (χ1v) is 8.99. The zero-order valence-electron chi connectivity index (χ0n) is 13.4. The van der Waals surface area contributed by atoms with Gasteiger partial charge in [0.15, 0.2) is 0 Å². The SMILES string of the molecule is Cc1ccc(Cl)cc1NC(=O)N1CCN(S(=O)(=O)N(C)C)CC1. The minimum atomic E-state index is -3.43. The Morgan fingerprint density at radius 1 is 1.22 bits per heavy atom. The van der Waals surface area contributed by atoms with Crippen LogP contribution in [-0.4, -0.2) is 68.2 Å². The molecule has 1 fully saturated rings. The van der Waals surface area contributed by atoms with Gasteiger partial charge in [0.1, 0.15) is 0 Å². The van der Waals surface area contributed by atoms with Crippen molar-refractivity contribution in [3.63, 3.8) is 0 Å². The Hall–Kier alpha value is -1.35. The first-order chi connectivity index (χ1) is 10.7. The summed E-state index contributed by atoms with van der Waals surface area (Å²) >= 11 is 5.94. The Morgan fingerprint density at radius 3 is 2.39 bits per heavy atom. The van der Waals surface area contributed by atoms with E-state index >= 15 is 0 Å². The molecule has 1 aliphatic heterocycles.